The average Bonchev–Trinajstić information content (AvgIpc) is 2.73. The van der Waals surface area contributed by atoms with Crippen LogP contribution in [0.3, 0.4) is 0 Å². The summed E-state index contributed by atoms with van der Waals surface area (Å²) < 4.78 is 0. The zero-order chi connectivity index (χ0) is 20.6. The fraction of sp³-hybridized carbons (Fsp3) is 0.391. The normalized spacial score (nSPS) is 14.7. The summed E-state index contributed by atoms with van der Waals surface area (Å²) in [5.41, 5.74) is 3.15. The van der Waals surface area contributed by atoms with Gasteiger partial charge >= 0.3 is 6.03 Å². The Kier molecular flexibility index (Phi) is 7.25. The van der Waals surface area contributed by atoms with Gasteiger partial charge in [0.2, 0.25) is 5.91 Å². The van der Waals surface area contributed by atoms with Crippen LogP contribution < -0.4 is 10.6 Å². The molecule has 1 fully saturated rings. The largest absolute Gasteiger partial charge is 0.334 e. The van der Waals surface area contributed by atoms with Crippen LogP contribution in [0.15, 0.2) is 54.6 Å². The molecule has 29 heavy (non-hydrogen) atoms. The van der Waals surface area contributed by atoms with Gasteiger partial charge in [0, 0.05) is 37.8 Å². The summed E-state index contributed by atoms with van der Waals surface area (Å²) in [6, 6.07) is 17.7. The summed E-state index contributed by atoms with van der Waals surface area (Å²) in [4.78, 5) is 28.8. The van der Waals surface area contributed by atoms with Crippen molar-refractivity contribution in [3.63, 3.8) is 0 Å². The fourth-order valence-corrected chi connectivity index (χ4v) is 3.53. The van der Waals surface area contributed by atoms with E-state index in [4.69, 9.17) is 0 Å². The number of anilines is 1. The molecule has 2 N–H and O–H groups in total. The number of carbonyl (C=O) groups excluding carboxylic acids is 2. The lowest BCUT2D eigenvalue weighted by Gasteiger charge is -2.31. The molecule has 0 aromatic heterocycles. The Bertz CT molecular complexity index is 797. The first-order valence-corrected chi connectivity index (χ1v) is 10.1. The van der Waals surface area contributed by atoms with Crippen molar-refractivity contribution in [3.05, 3.63) is 65.7 Å². The highest BCUT2D eigenvalue weighted by atomic mass is 16.2. The Morgan fingerprint density at radius 3 is 2.21 bits per heavy atom. The zero-order valence-corrected chi connectivity index (χ0v) is 17.2. The third-order valence-electron chi connectivity index (χ3n) is 5.16. The number of amides is 3. The minimum atomic E-state index is -0.0655. The maximum Gasteiger partial charge on any atom is 0.317 e. The monoisotopic (exact) mass is 394 g/mol. The predicted octanol–water partition coefficient (Wildman–Crippen LogP) is 3.31. The van der Waals surface area contributed by atoms with E-state index in [9.17, 15) is 9.59 Å². The third kappa shape index (κ3) is 6.32. The molecule has 0 atom stereocenters. The first-order chi connectivity index (χ1) is 14.0. The average molecular weight is 395 g/mol. The summed E-state index contributed by atoms with van der Waals surface area (Å²) in [7, 11) is 4.09. The van der Waals surface area contributed by atoms with E-state index in [1.807, 2.05) is 44.4 Å². The summed E-state index contributed by atoms with van der Waals surface area (Å²) in [6.07, 6.45) is 1.37. The molecule has 0 unspecified atom stereocenters. The minimum absolute atomic E-state index is 0.0362. The molecule has 3 rings (SSSR count). The van der Waals surface area contributed by atoms with Crippen molar-refractivity contribution < 1.29 is 9.59 Å². The summed E-state index contributed by atoms with van der Waals surface area (Å²) >= 11 is 0. The van der Waals surface area contributed by atoms with Crippen molar-refractivity contribution in [2.75, 3.05) is 32.5 Å². The molecule has 154 valence electrons. The molecule has 0 spiro atoms. The standard InChI is InChI=1S/C23H30N4O2/c1-26(2)17-19-10-8-18(9-11-19)16-24-23(29)27-14-12-20(13-15-27)22(28)25-21-6-4-3-5-7-21/h3-11,20H,12-17H2,1-2H3,(H,24,29)(H,25,28). The van der Waals surface area contributed by atoms with Crippen molar-refractivity contribution in [3.8, 4) is 0 Å². The van der Waals surface area contributed by atoms with Gasteiger partial charge in [0.15, 0.2) is 0 Å². The van der Waals surface area contributed by atoms with Gasteiger partial charge in [0.1, 0.15) is 0 Å². The van der Waals surface area contributed by atoms with Gasteiger partial charge in [-0.1, -0.05) is 42.5 Å². The van der Waals surface area contributed by atoms with Gasteiger partial charge in [-0.25, -0.2) is 4.79 Å². The zero-order valence-electron chi connectivity index (χ0n) is 17.2. The Morgan fingerprint density at radius 2 is 1.59 bits per heavy atom. The van der Waals surface area contributed by atoms with E-state index < -0.39 is 0 Å². The highest BCUT2D eigenvalue weighted by molar-refractivity contribution is 5.92. The number of hydrogen-bond acceptors (Lipinski definition) is 3. The van der Waals surface area contributed by atoms with Crippen LogP contribution >= 0.6 is 0 Å². The molecule has 6 heteroatoms. The van der Waals surface area contributed by atoms with Gasteiger partial charge in [-0.3, -0.25) is 4.79 Å². The molecule has 0 radical (unpaired) electrons. The van der Waals surface area contributed by atoms with Crippen LogP contribution in [0.5, 0.6) is 0 Å². The second-order valence-corrected chi connectivity index (χ2v) is 7.83. The molecule has 6 nitrogen and oxygen atoms in total. The van der Waals surface area contributed by atoms with Crippen LogP contribution in [-0.4, -0.2) is 48.9 Å². The lowest BCUT2D eigenvalue weighted by Crippen LogP contribution is -2.45. The second-order valence-electron chi connectivity index (χ2n) is 7.83. The van der Waals surface area contributed by atoms with Crippen LogP contribution in [0.2, 0.25) is 0 Å². The number of likely N-dealkylation sites (tertiary alicyclic amines) is 1. The second kappa shape index (κ2) is 10.1. The number of urea groups is 1. The summed E-state index contributed by atoms with van der Waals surface area (Å²) in [5.74, 6) is -0.0161. The smallest absolute Gasteiger partial charge is 0.317 e. The van der Waals surface area contributed by atoms with Gasteiger partial charge in [0.25, 0.3) is 0 Å². The van der Waals surface area contributed by atoms with E-state index in [0.29, 0.717) is 32.5 Å². The van der Waals surface area contributed by atoms with Crippen LogP contribution in [-0.2, 0) is 17.9 Å². The molecule has 0 bridgehead atoms. The number of hydrogen-bond donors (Lipinski definition) is 2. The van der Waals surface area contributed by atoms with Crippen LogP contribution in [0.4, 0.5) is 10.5 Å². The van der Waals surface area contributed by atoms with Gasteiger partial charge in [-0.2, -0.15) is 0 Å². The number of nitrogens with one attached hydrogen (secondary N) is 2. The molecule has 1 heterocycles. The van der Waals surface area contributed by atoms with E-state index in [-0.39, 0.29) is 17.9 Å². The Balaban J connectivity index is 1.41. The number of rotatable bonds is 6. The number of nitrogens with zero attached hydrogens (tertiary/aromatic N) is 2. The lowest BCUT2D eigenvalue weighted by atomic mass is 9.96. The Morgan fingerprint density at radius 1 is 0.966 bits per heavy atom. The van der Waals surface area contributed by atoms with Crippen molar-refractivity contribution >= 4 is 17.6 Å². The molecule has 1 saturated heterocycles. The lowest BCUT2D eigenvalue weighted by molar-refractivity contribution is -0.121. The molecule has 3 amide bonds. The van der Waals surface area contributed by atoms with E-state index >= 15 is 0 Å². The molecule has 0 aliphatic carbocycles. The van der Waals surface area contributed by atoms with Crippen molar-refractivity contribution in [2.45, 2.75) is 25.9 Å². The predicted molar refractivity (Wildman–Crippen MR) is 115 cm³/mol. The van der Waals surface area contributed by atoms with E-state index in [1.54, 1.807) is 4.90 Å². The Hall–Kier alpha value is -2.86. The molecule has 2 aromatic carbocycles. The van der Waals surface area contributed by atoms with E-state index in [1.165, 1.54) is 5.56 Å². The van der Waals surface area contributed by atoms with Crippen LogP contribution in [0, 0.1) is 5.92 Å². The SMILES string of the molecule is CN(C)Cc1ccc(CNC(=O)N2CCC(C(=O)Nc3ccccc3)CC2)cc1. The van der Waals surface area contributed by atoms with Gasteiger partial charge in [-0.15, -0.1) is 0 Å². The topological polar surface area (TPSA) is 64.7 Å². The number of carbonyl (C=O) groups is 2. The van der Waals surface area contributed by atoms with E-state index in [0.717, 1.165) is 17.8 Å². The maximum absolute atomic E-state index is 12.5. The van der Waals surface area contributed by atoms with Gasteiger partial charge < -0.3 is 20.4 Å². The molecule has 0 saturated carbocycles. The highest BCUT2D eigenvalue weighted by Crippen LogP contribution is 2.19. The van der Waals surface area contributed by atoms with Gasteiger partial charge in [-0.05, 0) is 50.2 Å². The highest BCUT2D eigenvalue weighted by Gasteiger charge is 2.27. The molecule has 1 aliphatic rings. The third-order valence-corrected chi connectivity index (χ3v) is 5.16. The quantitative estimate of drug-likeness (QED) is 0.790. The number of para-hydroxylation sites is 1. The van der Waals surface area contributed by atoms with Crippen molar-refractivity contribution in [2.24, 2.45) is 5.92 Å². The molecule has 2 aromatic rings. The summed E-state index contributed by atoms with van der Waals surface area (Å²) in [6.45, 7) is 2.61. The van der Waals surface area contributed by atoms with Crippen molar-refractivity contribution in [1.82, 2.24) is 15.1 Å². The first kappa shape index (κ1) is 20.9. The fourth-order valence-electron chi connectivity index (χ4n) is 3.53. The first-order valence-electron chi connectivity index (χ1n) is 10.1. The molecular weight excluding hydrogens is 364 g/mol. The van der Waals surface area contributed by atoms with Gasteiger partial charge in [0.05, 0.1) is 0 Å². The van der Waals surface area contributed by atoms with Crippen molar-refractivity contribution in [1.29, 1.82) is 0 Å². The van der Waals surface area contributed by atoms with Crippen LogP contribution in [0.1, 0.15) is 24.0 Å². The summed E-state index contributed by atoms with van der Waals surface area (Å²) in [5, 5.41) is 5.95. The number of piperidine rings is 1. The molecule has 1 aliphatic heterocycles. The van der Waals surface area contributed by atoms with Crippen LogP contribution in [0.25, 0.3) is 0 Å². The van der Waals surface area contributed by atoms with E-state index in [2.05, 4.69) is 39.8 Å². The maximum atomic E-state index is 12.5. The molecular formula is C23H30N4O2. The minimum Gasteiger partial charge on any atom is -0.334 e. The number of benzene rings is 2. The Labute approximate surface area is 172 Å².